The van der Waals surface area contributed by atoms with Gasteiger partial charge in [0.25, 0.3) is 5.91 Å². The summed E-state index contributed by atoms with van der Waals surface area (Å²) >= 11 is 10.6. The van der Waals surface area contributed by atoms with Crippen LogP contribution < -0.4 is 16.2 Å². The van der Waals surface area contributed by atoms with E-state index < -0.39 is 5.41 Å². The number of halogens is 1. The normalized spacial score (nSPS) is 10.6. The second-order valence-electron chi connectivity index (χ2n) is 5.12. The number of rotatable bonds is 1. The van der Waals surface area contributed by atoms with Crippen molar-refractivity contribution in [2.24, 2.45) is 5.41 Å². The first-order valence-corrected chi connectivity index (χ1v) is 6.66. The Bertz CT molecular complexity index is 523. The summed E-state index contributed by atoms with van der Waals surface area (Å²) < 4.78 is 0. The maximum Gasteiger partial charge on any atom is 0.269 e. The lowest BCUT2D eigenvalue weighted by atomic mass is 9.96. The molecule has 1 rings (SSSR count). The number of amides is 2. The molecule has 1 aromatic rings. The lowest BCUT2D eigenvalue weighted by Crippen LogP contribution is -2.50. The van der Waals surface area contributed by atoms with Gasteiger partial charge < -0.3 is 5.32 Å². The molecule has 0 saturated carbocycles. The third-order valence-electron chi connectivity index (χ3n) is 2.30. The van der Waals surface area contributed by atoms with Crippen molar-refractivity contribution in [1.29, 1.82) is 0 Å². The van der Waals surface area contributed by atoms with Crippen LogP contribution in [0.15, 0.2) is 24.3 Å². The average molecular weight is 314 g/mol. The molecule has 2 amide bonds. The summed E-state index contributed by atoms with van der Waals surface area (Å²) in [6.07, 6.45) is 0. The van der Waals surface area contributed by atoms with Gasteiger partial charge in [-0.25, -0.2) is 0 Å². The van der Waals surface area contributed by atoms with Gasteiger partial charge in [-0.2, -0.15) is 0 Å². The lowest BCUT2D eigenvalue weighted by Gasteiger charge is -2.18. The van der Waals surface area contributed by atoms with E-state index in [-0.39, 0.29) is 16.9 Å². The molecule has 0 heterocycles. The minimum absolute atomic E-state index is 0.0345. The Kier molecular flexibility index (Phi) is 5.47. The molecule has 0 radical (unpaired) electrons. The van der Waals surface area contributed by atoms with Crippen molar-refractivity contribution in [2.45, 2.75) is 20.8 Å². The third-order valence-corrected chi connectivity index (χ3v) is 2.76. The van der Waals surface area contributed by atoms with E-state index in [4.69, 9.17) is 23.8 Å². The molecule has 0 unspecified atom stereocenters. The van der Waals surface area contributed by atoms with Gasteiger partial charge in [-0.15, -0.1) is 0 Å². The van der Waals surface area contributed by atoms with Crippen LogP contribution in [0.25, 0.3) is 0 Å². The number of nitrogens with one attached hydrogen (secondary N) is 3. The topological polar surface area (TPSA) is 70.2 Å². The van der Waals surface area contributed by atoms with Crippen LogP contribution in [0.2, 0.25) is 5.02 Å². The number of carbonyl (C=O) groups is 2. The summed E-state index contributed by atoms with van der Waals surface area (Å²) in [4.78, 5) is 23.4. The summed E-state index contributed by atoms with van der Waals surface area (Å²) in [5.74, 6) is -0.621. The highest BCUT2D eigenvalue weighted by molar-refractivity contribution is 7.80. The molecule has 0 fully saturated rings. The lowest BCUT2D eigenvalue weighted by molar-refractivity contribution is -0.126. The minimum Gasteiger partial charge on any atom is -0.301 e. The third kappa shape index (κ3) is 5.14. The largest absolute Gasteiger partial charge is 0.301 e. The molecule has 0 aliphatic carbocycles. The van der Waals surface area contributed by atoms with E-state index in [1.165, 1.54) is 0 Å². The first-order chi connectivity index (χ1) is 9.20. The van der Waals surface area contributed by atoms with E-state index in [0.717, 1.165) is 0 Å². The fraction of sp³-hybridized carbons (Fsp3) is 0.308. The van der Waals surface area contributed by atoms with Crippen LogP contribution in [0.5, 0.6) is 0 Å². The van der Waals surface area contributed by atoms with Crippen molar-refractivity contribution in [2.75, 3.05) is 0 Å². The van der Waals surface area contributed by atoms with Gasteiger partial charge in [-0.05, 0) is 36.5 Å². The fourth-order valence-electron chi connectivity index (χ4n) is 1.11. The molecule has 0 spiro atoms. The standard InChI is InChI=1S/C13H16ClN3O2S/c1-13(2,3)11(19)15-12(20)17-16-10(18)8-4-6-9(14)7-5-8/h4-7H,1-3H3,(H,16,18)(H2,15,17,19,20). The van der Waals surface area contributed by atoms with Gasteiger partial charge in [0.15, 0.2) is 5.11 Å². The highest BCUT2D eigenvalue weighted by Gasteiger charge is 2.22. The van der Waals surface area contributed by atoms with Crippen LogP contribution in [-0.2, 0) is 4.79 Å². The molecule has 0 aromatic heterocycles. The molecular formula is C13H16ClN3O2S. The fourth-order valence-corrected chi connectivity index (χ4v) is 1.38. The second-order valence-corrected chi connectivity index (χ2v) is 5.96. The minimum atomic E-state index is -0.564. The maximum absolute atomic E-state index is 11.8. The molecule has 0 aliphatic heterocycles. The Labute approximate surface area is 128 Å². The van der Waals surface area contributed by atoms with Crippen molar-refractivity contribution in [1.82, 2.24) is 16.2 Å². The van der Waals surface area contributed by atoms with Gasteiger partial charge in [0, 0.05) is 16.0 Å². The Hall–Kier alpha value is -1.66. The van der Waals surface area contributed by atoms with Crippen molar-refractivity contribution < 1.29 is 9.59 Å². The highest BCUT2D eigenvalue weighted by Crippen LogP contribution is 2.12. The van der Waals surface area contributed by atoms with E-state index in [1.807, 2.05) is 0 Å². The predicted octanol–water partition coefficient (Wildman–Crippen LogP) is 2.02. The zero-order valence-corrected chi connectivity index (χ0v) is 13.0. The molecule has 0 atom stereocenters. The van der Waals surface area contributed by atoms with Crippen LogP contribution in [0.3, 0.4) is 0 Å². The summed E-state index contributed by atoms with van der Waals surface area (Å²) in [6, 6.07) is 6.37. The highest BCUT2D eigenvalue weighted by atomic mass is 35.5. The zero-order valence-electron chi connectivity index (χ0n) is 11.4. The molecule has 20 heavy (non-hydrogen) atoms. The number of hydrogen-bond donors (Lipinski definition) is 3. The molecule has 3 N–H and O–H groups in total. The number of thiocarbonyl (C=S) groups is 1. The molecule has 0 aliphatic rings. The number of hydrazine groups is 1. The van der Waals surface area contributed by atoms with Gasteiger partial charge in [-0.1, -0.05) is 32.4 Å². The number of hydrogen-bond acceptors (Lipinski definition) is 3. The Morgan fingerprint density at radius 1 is 1.10 bits per heavy atom. The first kappa shape index (κ1) is 16.4. The van der Waals surface area contributed by atoms with E-state index in [0.29, 0.717) is 10.6 Å². The van der Waals surface area contributed by atoms with Crippen LogP contribution in [0.4, 0.5) is 0 Å². The van der Waals surface area contributed by atoms with E-state index in [2.05, 4.69) is 16.2 Å². The van der Waals surface area contributed by atoms with Gasteiger partial charge in [-0.3, -0.25) is 20.4 Å². The van der Waals surface area contributed by atoms with Crippen LogP contribution in [-0.4, -0.2) is 16.9 Å². The molecule has 0 saturated heterocycles. The van der Waals surface area contributed by atoms with E-state index in [9.17, 15) is 9.59 Å². The quantitative estimate of drug-likeness (QED) is 0.548. The van der Waals surface area contributed by atoms with Gasteiger partial charge in [0.2, 0.25) is 5.91 Å². The summed E-state index contributed by atoms with van der Waals surface area (Å²) in [5.41, 5.74) is 4.71. The first-order valence-electron chi connectivity index (χ1n) is 5.87. The molecule has 1 aromatic carbocycles. The van der Waals surface area contributed by atoms with Crippen LogP contribution in [0.1, 0.15) is 31.1 Å². The number of benzene rings is 1. The monoisotopic (exact) mass is 313 g/mol. The molecular weight excluding hydrogens is 298 g/mol. The van der Waals surface area contributed by atoms with Crippen LogP contribution >= 0.6 is 23.8 Å². The zero-order chi connectivity index (χ0) is 15.3. The summed E-state index contributed by atoms with van der Waals surface area (Å²) in [5, 5.41) is 3.06. The van der Waals surface area contributed by atoms with E-state index >= 15 is 0 Å². The van der Waals surface area contributed by atoms with Crippen molar-refractivity contribution in [3.05, 3.63) is 34.9 Å². The van der Waals surface area contributed by atoms with Crippen LogP contribution in [0, 0.1) is 5.41 Å². The van der Waals surface area contributed by atoms with Gasteiger partial charge in [0.1, 0.15) is 0 Å². The van der Waals surface area contributed by atoms with Gasteiger partial charge >= 0.3 is 0 Å². The van der Waals surface area contributed by atoms with Crippen molar-refractivity contribution >= 4 is 40.7 Å². The number of carbonyl (C=O) groups excluding carboxylic acids is 2. The molecule has 7 heteroatoms. The summed E-state index contributed by atoms with van der Waals surface area (Å²) in [7, 11) is 0. The Balaban J connectivity index is 2.47. The Morgan fingerprint density at radius 3 is 2.15 bits per heavy atom. The predicted molar refractivity (Wildman–Crippen MR) is 82.2 cm³/mol. The average Bonchev–Trinajstić information content (AvgIpc) is 2.35. The Morgan fingerprint density at radius 2 is 1.65 bits per heavy atom. The molecule has 108 valence electrons. The van der Waals surface area contributed by atoms with E-state index in [1.54, 1.807) is 45.0 Å². The summed E-state index contributed by atoms with van der Waals surface area (Å²) in [6.45, 7) is 5.28. The van der Waals surface area contributed by atoms with Crippen molar-refractivity contribution in [3.63, 3.8) is 0 Å². The maximum atomic E-state index is 11.8. The molecule has 0 bridgehead atoms. The smallest absolute Gasteiger partial charge is 0.269 e. The second kappa shape index (κ2) is 6.67. The SMILES string of the molecule is CC(C)(C)C(=O)NC(=S)NNC(=O)c1ccc(Cl)cc1. The van der Waals surface area contributed by atoms with Crippen molar-refractivity contribution in [3.8, 4) is 0 Å². The molecule has 5 nitrogen and oxygen atoms in total. The van der Waals surface area contributed by atoms with Gasteiger partial charge in [0.05, 0.1) is 0 Å².